The van der Waals surface area contributed by atoms with Gasteiger partial charge in [-0.3, -0.25) is 4.79 Å². The maximum Gasteiger partial charge on any atom is 0.407 e. The molecule has 2 amide bonds. The summed E-state index contributed by atoms with van der Waals surface area (Å²) in [5.74, 6) is -1.55. The topological polar surface area (TPSA) is 105 Å². The van der Waals surface area contributed by atoms with Crippen molar-refractivity contribution in [2.45, 2.75) is 44.7 Å². The average Bonchev–Trinajstić information content (AvgIpc) is 3.04. The number of carbonyl (C=O) groups excluding carboxylic acids is 2. The predicted octanol–water partition coefficient (Wildman–Crippen LogP) is 3.28. The number of rotatable bonds is 8. The fourth-order valence-electron chi connectivity index (χ4n) is 3.76. The molecule has 2 aromatic carbocycles. The van der Waals surface area contributed by atoms with Gasteiger partial charge in [0, 0.05) is 18.4 Å². The molecule has 0 bridgehead atoms. The minimum absolute atomic E-state index is 0.0338. The highest BCUT2D eigenvalue weighted by molar-refractivity contribution is 5.84. The van der Waals surface area contributed by atoms with Gasteiger partial charge in [0.2, 0.25) is 5.91 Å². The highest BCUT2D eigenvalue weighted by Crippen LogP contribution is 2.44. The van der Waals surface area contributed by atoms with Crippen LogP contribution in [-0.2, 0) is 14.3 Å². The standard InChI is InChI=1S/C23H26N2O5/c1-3-20(22(27)28)25-21(26)12-14(2)24-23(29)30-13-19-17-10-6-4-8-15(17)16-9-5-7-11-18(16)19/h4-11,14,19-20H,3,12-13H2,1-2H3,(H,24,29)(H,25,26)(H,27,28). The minimum Gasteiger partial charge on any atom is -0.480 e. The van der Waals surface area contributed by atoms with Crippen molar-refractivity contribution >= 4 is 18.0 Å². The summed E-state index contributed by atoms with van der Waals surface area (Å²) in [6, 6.07) is 14.7. The summed E-state index contributed by atoms with van der Waals surface area (Å²) >= 11 is 0. The fraction of sp³-hybridized carbons (Fsp3) is 0.348. The SMILES string of the molecule is CCC(NC(=O)CC(C)NC(=O)OCC1c2ccccc2-c2ccccc21)C(=O)O. The zero-order chi connectivity index (χ0) is 21.7. The number of carboxylic acid groups (broad SMARTS) is 1. The Kier molecular flexibility index (Phi) is 6.72. The monoisotopic (exact) mass is 410 g/mol. The molecule has 0 aromatic heterocycles. The summed E-state index contributed by atoms with van der Waals surface area (Å²) in [5, 5.41) is 14.1. The van der Waals surface area contributed by atoms with Crippen LogP contribution in [0.4, 0.5) is 4.79 Å². The zero-order valence-corrected chi connectivity index (χ0v) is 17.1. The smallest absolute Gasteiger partial charge is 0.407 e. The first-order valence-electron chi connectivity index (χ1n) is 10.0. The second-order valence-corrected chi connectivity index (χ2v) is 7.44. The van der Waals surface area contributed by atoms with Crippen LogP contribution in [0.15, 0.2) is 48.5 Å². The van der Waals surface area contributed by atoms with Crippen molar-refractivity contribution in [2.75, 3.05) is 6.61 Å². The van der Waals surface area contributed by atoms with Crippen molar-refractivity contribution in [3.63, 3.8) is 0 Å². The van der Waals surface area contributed by atoms with Crippen LogP contribution in [0.1, 0.15) is 43.7 Å². The lowest BCUT2D eigenvalue weighted by molar-refractivity contribution is -0.142. The van der Waals surface area contributed by atoms with Gasteiger partial charge in [0.05, 0.1) is 0 Å². The Bertz CT molecular complexity index is 897. The Morgan fingerprint density at radius 3 is 2.10 bits per heavy atom. The summed E-state index contributed by atoms with van der Waals surface area (Å²) < 4.78 is 5.46. The lowest BCUT2D eigenvalue weighted by Crippen LogP contribution is -2.43. The van der Waals surface area contributed by atoms with Crippen molar-refractivity contribution in [3.8, 4) is 11.1 Å². The number of hydrogen-bond acceptors (Lipinski definition) is 4. The third kappa shape index (κ3) is 4.79. The van der Waals surface area contributed by atoms with Gasteiger partial charge in [-0.05, 0) is 35.6 Å². The quantitative estimate of drug-likeness (QED) is 0.619. The van der Waals surface area contributed by atoms with Crippen LogP contribution < -0.4 is 10.6 Å². The van der Waals surface area contributed by atoms with Crippen LogP contribution in [0.25, 0.3) is 11.1 Å². The van der Waals surface area contributed by atoms with Gasteiger partial charge in [-0.25, -0.2) is 9.59 Å². The highest BCUT2D eigenvalue weighted by Gasteiger charge is 2.29. The van der Waals surface area contributed by atoms with E-state index in [0.717, 1.165) is 22.3 Å². The number of ether oxygens (including phenoxy) is 1. The van der Waals surface area contributed by atoms with E-state index in [1.54, 1.807) is 13.8 Å². The molecule has 1 aliphatic carbocycles. The van der Waals surface area contributed by atoms with E-state index in [2.05, 4.69) is 22.8 Å². The third-order valence-electron chi connectivity index (χ3n) is 5.24. The number of alkyl carbamates (subject to hydrolysis) is 1. The molecule has 0 fully saturated rings. The van der Waals surface area contributed by atoms with E-state index in [0.29, 0.717) is 0 Å². The lowest BCUT2D eigenvalue weighted by atomic mass is 9.98. The highest BCUT2D eigenvalue weighted by atomic mass is 16.5. The Morgan fingerprint density at radius 2 is 1.57 bits per heavy atom. The molecular formula is C23H26N2O5. The maximum absolute atomic E-state index is 12.2. The number of hydrogen-bond donors (Lipinski definition) is 3. The number of fused-ring (bicyclic) bond motifs is 3. The van der Waals surface area contributed by atoms with E-state index in [1.807, 2.05) is 36.4 Å². The Labute approximate surface area is 175 Å². The number of nitrogens with one attached hydrogen (secondary N) is 2. The van der Waals surface area contributed by atoms with E-state index in [4.69, 9.17) is 9.84 Å². The summed E-state index contributed by atoms with van der Waals surface area (Å²) in [7, 11) is 0. The molecule has 0 aliphatic heterocycles. The number of benzene rings is 2. The second-order valence-electron chi connectivity index (χ2n) is 7.44. The predicted molar refractivity (Wildman–Crippen MR) is 112 cm³/mol. The first-order valence-corrected chi connectivity index (χ1v) is 10.0. The molecule has 1 aliphatic rings. The zero-order valence-electron chi connectivity index (χ0n) is 17.1. The summed E-state index contributed by atoms with van der Waals surface area (Å²) in [4.78, 5) is 35.2. The molecule has 3 N–H and O–H groups in total. The van der Waals surface area contributed by atoms with Gasteiger partial charge >= 0.3 is 12.1 Å². The van der Waals surface area contributed by atoms with Crippen LogP contribution in [-0.4, -0.2) is 41.8 Å². The van der Waals surface area contributed by atoms with Crippen LogP contribution in [0.2, 0.25) is 0 Å². The molecule has 7 heteroatoms. The molecule has 7 nitrogen and oxygen atoms in total. The summed E-state index contributed by atoms with van der Waals surface area (Å²) in [6.45, 7) is 3.54. The molecule has 30 heavy (non-hydrogen) atoms. The average molecular weight is 410 g/mol. The minimum atomic E-state index is -1.08. The van der Waals surface area contributed by atoms with Crippen molar-refractivity contribution < 1.29 is 24.2 Å². The van der Waals surface area contributed by atoms with E-state index < -0.39 is 30.1 Å². The normalized spacial score (nSPS) is 14.2. The first kappa shape index (κ1) is 21.4. The van der Waals surface area contributed by atoms with Crippen LogP contribution in [0, 0.1) is 0 Å². The Balaban J connectivity index is 1.54. The van der Waals surface area contributed by atoms with Crippen LogP contribution in [0.3, 0.4) is 0 Å². The van der Waals surface area contributed by atoms with Crippen molar-refractivity contribution in [3.05, 3.63) is 59.7 Å². The van der Waals surface area contributed by atoms with Gasteiger partial charge in [-0.15, -0.1) is 0 Å². The van der Waals surface area contributed by atoms with Crippen LogP contribution >= 0.6 is 0 Å². The van der Waals surface area contributed by atoms with Crippen molar-refractivity contribution in [1.29, 1.82) is 0 Å². The molecule has 2 unspecified atom stereocenters. The van der Waals surface area contributed by atoms with Gasteiger partial charge in [0.25, 0.3) is 0 Å². The molecule has 0 saturated heterocycles. The lowest BCUT2D eigenvalue weighted by Gasteiger charge is -2.18. The number of carboxylic acids is 1. The van der Waals surface area contributed by atoms with E-state index in [1.165, 1.54) is 0 Å². The van der Waals surface area contributed by atoms with Gasteiger partial charge < -0.3 is 20.5 Å². The number of amides is 2. The molecular weight excluding hydrogens is 384 g/mol. The summed E-state index contributed by atoms with van der Waals surface area (Å²) in [5.41, 5.74) is 4.54. The van der Waals surface area contributed by atoms with Crippen molar-refractivity contribution in [2.24, 2.45) is 0 Å². The van der Waals surface area contributed by atoms with Gasteiger partial charge in [0.15, 0.2) is 0 Å². The number of aliphatic carboxylic acids is 1. The number of carbonyl (C=O) groups is 3. The van der Waals surface area contributed by atoms with E-state index in [-0.39, 0.29) is 25.4 Å². The molecule has 0 spiro atoms. The Hall–Kier alpha value is -3.35. The first-order chi connectivity index (χ1) is 14.4. The molecule has 3 rings (SSSR count). The largest absolute Gasteiger partial charge is 0.480 e. The van der Waals surface area contributed by atoms with Gasteiger partial charge in [0.1, 0.15) is 12.6 Å². The molecule has 2 atom stereocenters. The maximum atomic E-state index is 12.2. The summed E-state index contributed by atoms with van der Waals surface area (Å²) in [6.07, 6.45) is -0.356. The molecule has 2 aromatic rings. The molecule has 0 heterocycles. The van der Waals surface area contributed by atoms with E-state index >= 15 is 0 Å². The third-order valence-corrected chi connectivity index (χ3v) is 5.24. The van der Waals surface area contributed by atoms with Gasteiger partial charge in [-0.2, -0.15) is 0 Å². The fourth-order valence-corrected chi connectivity index (χ4v) is 3.76. The van der Waals surface area contributed by atoms with Crippen molar-refractivity contribution in [1.82, 2.24) is 10.6 Å². The second kappa shape index (κ2) is 9.43. The van der Waals surface area contributed by atoms with Gasteiger partial charge in [-0.1, -0.05) is 55.5 Å². The Morgan fingerprint density at radius 1 is 1.00 bits per heavy atom. The molecule has 0 saturated carbocycles. The molecule has 0 radical (unpaired) electrons. The molecule has 158 valence electrons. The van der Waals surface area contributed by atoms with Crippen LogP contribution in [0.5, 0.6) is 0 Å². The van der Waals surface area contributed by atoms with E-state index in [9.17, 15) is 14.4 Å².